The van der Waals surface area contributed by atoms with Crippen LogP contribution >= 0.6 is 15.9 Å². The van der Waals surface area contributed by atoms with E-state index in [2.05, 4.69) is 48.0 Å². The molecule has 0 spiro atoms. The van der Waals surface area contributed by atoms with Crippen LogP contribution in [0.2, 0.25) is 0 Å². The fourth-order valence-electron chi connectivity index (χ4n) is 2.90. The molecule has 0 radical (unpaired) electrons. The maximum atomic E-state index is 5.32. The second kappa shape index (κ2) is 5.01. The molecule has 0 amide bonds. The summed E-state index contributed by atoms with van der Waals surface area (Å²) in [4.78, 5) is 0.460. The number of hydrogen-bond donors (Lipinski definition) is 0. The molecule has 0 aliphatic heterocycles. The molecule has 1 saturated carbocycles. The zero-order valence-corrected chi connectivity index (χ0v) is 12.5. The van der Waals surface area contributed by atoms with Gasteiger partial charge in [-0.2, -0.15) is 0 Å². The number of ether oxygens (including phenoxy) is 1. The molecule has 1 aromatic rings. The lowest BCUT2D eigenvalue weighted by molar-refractivity contribution is 0.331. The van der Waals surface area contributed by atoms with Crippen LogP contribution in [0.1, 0.15) is 48.6 Å². The highest BCUT2D eigenvalue weighted by molar-refractivity contribution is 9.09. The first-order valence-electron chi connectivity index (χ1n) is 6.35. The van der Waals surface area contributed by atoms with Crippen molar-refractivity contribution < 1.29 is 4.74 Å². The fourth-order valence-corrected chi connectivity index (χ4v) is 3.64. The first-order chi connectivity index (χ1) is 8.07. The number of halogens is 1. The Bertz CT molecular complexity index is 394. The third kappa shape index (κ3) is 2.52. The number of alkyl halides is 1. The third-order valence-electron chi connectivity index (χ3n) is 4.07. The van der Waals surface area contributed by atoms with Crippen molar-refractivity contribution in [1.82, 2.24) is 0 Å². The second-order valence-electron chi connectivity index (χ2n) is 5.45. The summed E-state index contributed by atoms with van der Waals surface area (Å²) in [5.41, 5.74) is 3.02. The average molecular weight is 297 g/mol. The number of rotatable bonds is 3. The number of hydrogen-bond acceptors (Lipinski definition) is 1. The lowest BCUT2D eigenvalue weighted by Crippen LogP contribution is -2.17. The Balaban J connectivity index is 2.25. The van der Waals surface area contributed by atoms with Crippen molar-refractivity contribution in [3.63, 3.8) is 0 Å². The van der Waals surface area contributed by atoms with Gasteiger partial charge < -0.3 is 4.74 Å². The standard InChI is InChI=1S/C15H21BrO/c1-11-10-12(6-7-13(11)17-3)14(16)15(2)8-4-5-9-15/h6-7,10,14H,4-5,8-9H2,1-3H3. The third-order valence-corrected chi connectivity index (χ3v) is 5.70. The molecule has 0 aromatic heterocycles. The highest BCUT2D eigenvalue weighted by atomic mass is 79.9. The molecule has 1 aliphatic rings. The number of benzene rings is 1. The van der Waals surface area contributed by atoms with Crippen LogP contribution in [0.25, 0.3) is 0 Å². The molecule has 1 aromatic carbocycles. The molecule has 0 N–H and O–H groups in total. The van der Waals surface area contributed by atoms with E-state index in [0.29, 0.717) is 10.2 Å². The molecule has 0 bridgehead atoms. The van der Waals surface area contributed by atoms with E-state index in [-0.39, 0.29) is 0 Å². The normalized spacial score (nSPS) is 20.2. The van der Waals surface area contributed by atoms with Crippen LogP contribution in [0, 0.1) is 12.3 Å². The molecular weight excluding hydrogens is 276 g/mol. The van der Waals surface area contributed by atoms with E-state index in [9.17, 15) is 0 Å². The smallest absolute Gasteiger partial charge is 0.121 e. The molecule has 2 rings (SSSR count). The van der Waals surface area contributed by atoms with Gasteiger partial charge in [-0.3, -0.25) is 0 Å². The lowest BCUT2D eigenvalue weighted by atomic mass is 9.82. The second-order valence-corrected chi connectivity index (χ2v) is 6.37. The Kier molecular flexibility index (Phi) is 3.82. The molecule has 17 heavy (non-hydrogen) atoms. The molecular formula is C15H21BrO. The van der Waals surface area contributed by atoms with Gasteiger partial charge in [0.2, 0.25) is 0 Å². The summed E-state index contributed by atoms with van der Waals surface area (Å²) in [6.45, 7) is 4.51. The summed E-state index contributed by atoms with van der Waals surface area (Å²) in [5.74, 6) is 0.977. The minimum absolute atomic E-state index is 0.418. The molecule has 1 aliphatic carbocycles. The van der Waals surface area contributed by atoms with Gasteiger partial charge in [0, 0.05) is 4.83 Å². The average Bonchev–Trinajstić information content (AvgIpc) is 2.76. The van der Waals surface area contributed by atoms with Gasteiger partial charge in [-0.1, -0.05) is 47.8 Å². The molecule has 1 fully saturated rings. The minimum atomic E-state index is 0.418. The maximum Gasteiger partial charge on any atom is 0.121 e. The van der Waals surface area contributed by atoms with Crippen molar-refractivity contribution in [2.75, 3.05) is 7.11 Å². The predicted octanol–water partition coefficient (Wildman–Crippen LogP) is 5.02. The Morgan fingerprint density at radius 1 is 1.29 bits per heavy atom. The lowest BCUT2D eigenvalue weighted by Gasteiger charge is -2.30. The van der Waals surface area contributed by atoms with E-state index in [1.54, 1.807) is 7.11 Å². The van der Waals surface area contributed by atoms with Gasteiger partial charge in [0.25, 0.3) is 0 Å². The minimum Gasteiger partial charge on any atom is -0.496 e. The van der Waals surface area contributed by atoms with Gasteiger partial charge >= 0.3 is 0 Å². The largest absolute Gasteiger partial charge is 0.496 e. The van der Waals surface area contributed by atoms with Crippen LogP contribution in [0.4, 0.5) is 0 Å². The highest BCUT2D eigenvalue weighted by Gasteiger charge is 2.36. The molecule has 0 heterocycles. The zero-order valence-electron chi connectivity index (χ0n) is 10.9. The molecule has 2 heteroatoms. The maximum absolute atomic E-state index is 5.32. The van der Waals surface area contributed by atoms with Crippen molar-refractivity contribution in [3.05, 3.63) is 29.3 Å². The van der Waals surface area contributed by atoms with Crippen molar-refractivity contribution in [2.45, 2.75) is 44.4 Å². The van der Waals surface area contributed by atoms with E-state index >= 15 is 0 Å². The van der Waals surface area contributed by atoms with Crippen LogP contribution < -0.4 is 4.74 Å². The van der Waals surface area contributed by atoms with Crippen LogP contribution in [-0.4, -0.2) is 7.11 Å². The summed E-state index contributed by atoms with van der Waals surface area (Å²) in [7, 11) is 1.73. The van der Waals surface area contributed by atoms with Gasteiger partial charge in [-0.05, 0) is 42.4 Å². The number of aryl methyl sites for hydroxylation is 1. The van der Waals surface area contributed by atoms with Crippen LogP contribution in [0.15, 0.2) is 18.2 Å². The van der Waals surface area contributed by atoms with Crippen molar-refractivity contribution in [1.29, 1.82) is 0 Å². The van der Waals surface area contributed by atoms with Crippen molar-refractivity contribution >= 4 is 15.9 Å². The Labute approximate surface area is 113 Å². The van der Waals surface area contributed by atoms with E-state index < -0.39 is 0 Å². The van der Waals surface area contributed by atoms with E-state index in [4.69, 9.17) is 4.74 Å². The molecule has 94 valence electrons. The summed E-state index contributed by atoms with van der Waals surface area (Å²) in [6, 6.07) is 6.52. The van der Waals surface area contributed by atoms with Crippen molar-refractivity contribution in [2.24, 2.45) is 5.41 Å². The van der Waals surface area contributed by atoms with E-state index in [0.717, 1.165) is 5.75 Å². The van der Waals surface area contributed by atoms with Gasteiger partial charge in [0.1, 0.15) is 5.75 Å². The summed E-state index contributed by atoms with van der Waals surface area (Å²) < 4.78 is 5.32. The topological polar surface area (TPSA) is 9.23 Å². The van der Waals surface area contributed by atoms with Crippen LogP contribution in [0.3, 0.4) is 0 Å². The van der Waals surface area contributed by atoms with Gasteiger partial charge in [0.15, 0.2) is 0 Å². The first-order valence-corrected chi connectivity index (χ1v) is 7.27. The Morgan fingerprint density at radius 2 is 1.94 bits per heavy atom. The fraction of sp³-hybridized carbons (Fsp3) is 0.600. The predicted molar refractivity (Wildman–Crippen MR) is 76.0 cm³/mol. The molecule has 1 unspecified atom stereocenters. The van der Waals surface area contributed by atoms with Gasteiger partial charge in [-0.25, -0.2) is 0 Å². The van der Waals surface area contributed by atoms with Gasteiger partial charge in [0.05, 0.1) is 7.11 Å². The van der Waals surface area contributed by atoms with Gasteiger partial charge in [-0.15, -0.1) is 0 Å². The van der Waals surface area contributed by atoms with E-state index in [1.165, 1.54) is 36.8 Å². The summed E-state index contributed by atoms with van der Waals surface area (Å²) >= 11 is 3.91. The monoisotopic (exact) mass is 296 g/mol. The Hall–Kier alpha value is -0.500. The van der Waals surface area contributed by atoms with Crippen molar-refractivity contribution in [3.8, 4) is 5.75 Å². The number of methoxy groups -OCH3 is 1. The van der Waals surface area contributed by atoms with Crippen LogP contribution in [0.5, 0.6) is 5.75 Å². The first kappa shape index (κ1) is 12.9. The Morgan fingerprint density at radius 3 is 2.47 bits per heavy atom. The zero-order chi connectivity index (χ0) is 12.5. The molecule has 1 atom stereocenters. The molecule has 0 saturated heterocycles. The van der Waals surface area contributed by atoms with Crippen LogP contribution in [-0.2, 0) is 0 Å². The molecule has 1 nitrogen and oxygen atoms in total. The highest BCUT2D eigenvalue weighted by Crippen LogP contribution is 2.51. The SMILES string of the molecule is COc1ccc(C(Br)C2(C)CCCC2)cc1C. The quantitative estimate of drug-likeness (QED) is 0.712. The summed E-state index contributed by atoms with van der Waals surface area (Å²) in [6.07, 6.45) is 5.39. The summed E-state index contributed by atoms with van der Waals surface area (Å²) in [5, 5.41) is 0. The van der Waals surface area contributed by atoms with E-state index in [1.807, 2.05) is 0 Å².